The van der Waals surface area contributed by atoms with Crippen LogP contribution in [-0.4, -0.2) is 14.6 Å². The van der Waals surface area contributed by atoms with Crippen LogP contribution in [0.5, 0.6) is 0 Å². The first-order chi connectivity index (χ1) is 9.63. The molecule has 2 aromatic heterocycles. The molecule has 4 nitrogen and oxygen atoms in total. The van der Waals surface area contributed by atoms with Gasteiger partial charge in [0.15, 0.2) is 5.69 Å². The molecule has 3 rings (SSSR count). The second-order valence-corrected chi connectivity index (χ2v) is 5.82. The second kappa shape index (κ2) is 4.73. The first kappa shape index (κ1) is 12.8. The lowest BCUT2D eigenvalue weighted by molar-refractivity contribution is 0.899. The van der Waals surface area contributed by atoms with Crippen molar-refractivity contribution in [3.63, 3.8) is 0 Å². The number of fused-ring (bicyclic) bond motifs is 1. The third-order valence-corrected chi connectivity index (χ3v) is 4.34. The van der Waals surface area contributed by atoms with Gasteiger partial charge in [-0.15, -0.1) is 0 Å². The van der Waals surface area contributed by atoms with Gasteiger partial charge in [-0.1, -0.05) is 42.0 Å². The van der Waals surface area contributed by atoms with E-state index in [2.05, 4.69) is 36.1 Å². The Morgan fingerprint density at radius 1 is 1.35 bits per heavy atom. The number of benzene rings is 1. The third-order valence-electron chi connectivity index (χ3n) is 3.29. The zero-order valence-electron chi connectivity index (χ0n) is 11.6. The van der Waals surface area contributed by atoms with E-state index in [4.69, 9.17) is 0 Å². The number of hydrogen-bond donors (Lipinski definition) is 0. The van der Waals surface area contributed by atoms with Crippen molar-refractivity contribution in [2.45, 2.75) is 27.2 Å². The van der Waals surface area contributed by atoms with Crippen molar-refractivity contribution in [3.8, 4) is 17.3 Å². The Kier molecular flexibility index (Phi) is 3.03. The summed E-state index contributed by atoms with van der Waals surface area (Å²) < 4.78 is 1.66. The molecule has 0 radical (unpaired) electrons. The molecule has 0 unspecified atom stereocenters. The zero-order chi connectivity index (χ0) is 14.3. The van der Waals surface area contributed by atoms with Crippen LogP contribution in [0.25, 0.3) is 16.2 Å². The number of aryl methyl sites for hydroxylation is 3. The molecule has 100 valence electrons. The standard InChI is InChI=1S/C15H14N4S/c1-4-13-18-19-12(8-16)14(17-15(19)20-13)11-6-5-9(2)7-10(11)3/h5-7H,4H2,1-3H3. The predicted octanol–water partition coefficient (Wildman–Crippen LogP) is 3.51. The van der Waals surface area contributed by atoms with E-state index in [0.717, 1.165) is 33.2 Å². The SMILES string of the molecule is CCc1nn2c(C#N)c(-c3ccc(C)cc3C)nc2s1. The predicted molar refractivity (Wildman–Crippen MR) is 79.9 cm³/mol. The van der Waals surface area contributed by atoms with Crippen molar-refractivity contribution in [1.29, 1.82) is 5.26 Å². The van der Waals surface area contributed by atoms with Gasteiger partial charge in [0.1, 0.15) is 16.8 Å². The highest BCUT2D eigenvalue weighted by Crippen LogP contribution is 2.29. The maximum Gasteiger partial charge on any atom is 0.214 e. The summed E-state index contributed by atoms with van der Waals surface area (Å²) in [6.07, 6.45) is 0.859. The minimum Gasteiger partial charge on any atom is -0.216 e. The first-order valence-corrected chi connectivity index (χ1v) is 7.32. The van der Waals surface area contributed by atoms with E-state index in [1.807, 2.05) is 19.1 Å². The van der Waals surface area contributed by atoms with Crippen LogP contribution >= 0.6 is 11.3 Å². The van der Waals surface area contributed by atoms with Crippen molar-refractivity contribution >= 4 is 16.3 Å². The van der Waals surface area contributed by atoms with Crippen LogP contribution in [0.3, 0.4) is 0 Å². The fourth-order valence-electron chi connectivity index (χ4n) is 2.30. The van der Waals surface area contributed by atoms with Crippen LogP contribution in [0.1, 0.15) is 28.8 Å². The third kappa shape index (κ3) is 1.89. The molecule has 2 heterocycles. The van der Waals surface area contributed by atoms with Gasteiger partial charge in [-0.2, -0.15) is 14.9 Å². The normalized spacial score (nSPS) is 10.9. The molecule has 1 aromatic carbocycles. The summed E-state index contributed by atoms with van der Waals surface area (Å²) in [5, 5.41) is 14.9. The Bertz CT molecular complexity index is 836. The number of hydrogen-bond acceptors (Lipinski definition) is 4. The van der Waals surface area contributed by atoms with Crippen molar-refractivity contribution < 1.29 is 0 Å². The first-order valence-electron chi connectivity index (χ1n) is 6.50. The van der Waals surface area contributed by atoms with Crippen molar-refractivity contribution in [2.75, 3.05) is 0 Å². The Morgan fingerprint density at radius 3 is 2.80 bits per heavy atom. The summed E-state index contributed by atoms with van der Waals surface area (Å²) >= 11 is 1.54. The van der Waals surface area contributed by atoms with E-state index in [-0.39, 0.29) is 0 Å². The molecule has 20 heavy (non-hydrogen) atoms. The van der Waals surface area contributed by atoms with Crippen LogP contribution in [-0.2, 0) is 6.42 Å². The molecule has 0 fully saturated rings. The summed E-state index contributed by atoms with van der Waals surface area (Å²) in [6, 6.07) is 8.42. The van der Waals surface area contributed by atoms with E-state index < -0.39 is 0 Å². The number of nitrogens with zero attached hydrogens (tertiary/aromatic N) is 4. The van der Waals surface area contributed by atoms with Gasteiger partial charge in [0.2, 0.25) is 4.96 Å². The highest BCUT2D eigenvalue weighted by Gasteiger charge is 2.18. The molecule has 0 N–H and O–H groups in total. The quantitative estimate of drug-likeness (QED) is 0.722. The average molecular weight is 282 g/mol. The monoisotopic (exact) mass is 282 g/mol. The molecule has 0 aliphatic rings. The smallest absolute Gasteiger partial charge is 0.214 e. The molecular formula is C15H14N4S. The van der Waals surface area contributed by atoms with Crippen molar-refractivity contribution in [2.24, 2.45) is 0 Å². The molecular weight excluding hydrogens is 268 g/mol. The second-order valence-electron chi connectivity index (χ2n) is 4.78. The van der Waals surface area contributed by atoms with Gasteiger partial charge in [0, 0.05) is 5.56 Å². The van der Waals surface area contributed by atoms with E-state index in [9.17, 15) is 5.26 Å². The lowest BCUT2D eigenvalue weighted by Crippen LogP contribution is -1.93. The van der Waals surface area contributed by atoms with Gasteiger partial charge >= 0.3 is 0 Å². The van der Waals surface area contributed by atoms with E-state index >= 15 is 0 Å². The molecule has 3 aromatic rings. The molecule has 0 aliphatic carbocycles. The topological polar surface area (TPSA) is 54.0 Å². The van der Waals surface area contributed by atoms with Crippen molar-refractivity contribution in [1.82, 2.24) is 14.6 Å². The summed E-state index contributed by atoms with van der Waals surface area (Å²) in [4.78, 5) is 5.39. The van der Waals surface area contributed by atoms with Crippen LogP contribution in [0.2, 0.25) is 0 Å². The van der Waals surface area contributed by atoms with Gasteiger partial charge in [0.05, 0.1) is 0 Å². The lowest BCUT2D eigenvalue weighted by Gasteiger charge is -2.04. The number of aromatic nitrogens is 3. The maximum atomic E-state index is 9.45. The van der Waals surface area contributed by atoms with E-state index in [0.29, 0.717) is 5.69 Å². The Labute approximate surface area is 121 Å². The number of rotatable bonds is 2. The summed E-state index contributed by atoms with van der Waals surface area (Å²) in [6.45, 7) is 6.15. The molecule has 0 saturated carbocycles. The highest BCUT2D eigenvalue weighted by atomic mass is 32.1. The van der Waals surface area contributed by atoms with Gasteiger partial charge in [-0.05, 0) is 25.8 Å². The van der Waals surface area contributed by atoms with Gasteiger partial charge in [-0.25, -0.2) is 4.98 Å². The molecule has 0 saturated heterocycles. The summed E-state index contributed by atoms with van der Waals surface area (Å²) in [5.74, 6) is 0. The molecule has 0 atom stereocenters. The molecule has 5 heteroatoms. The van der Waals surface area contributed by atoms with Crippen LogP contribution in [0.15, 0.2) is 18.2 Å². The minimum absolute atomic E-state index is 0.517. The summed E-state index contributed by atoms with van der Waals surface area (Å²) in [5.41, 5.74) is 4.58. The number of nitriles is 1. The Hall–Kier alpha value is -2.19. The Morgan fingerprint density at radius 2 is 2.15 bits per heavy atom. The number of imidazole rings is 1. The maximum absolute atomic E-state index is 9.45. The van der Waals surface area contributed by atoms with Crippen LogP contribution in [0.4, 0.5) is 0 Å². The van der Waals surface area contributed by atoms with Gasteiger partial charge in [0.25, 0.3) is 0 Å². The minimum atomic E-state index is 0.517. The largest absolute Gasteiger partial charge is 0.216 e. The van der Waals surface area contributed by atoms with Crippen LogP contribution in [0, 0.1) is 25.2 Å². The fraction of sp³-hybridized carbons (Fsp3) is 0.267. The molecule has 0 aliphatic heterocycles. The van der Waals surface area contributed by atoms with Gasteiger partial charge < -0.3 is 0 Å². The lowest BCUT2D eigenvalue weighted by atomic mass is 10.0. The summed E-state index contributed by atoms with van der Waals surface area (Å²) in [7, 11) is 0. The average Bonchev–Trinajstić information content (AvgIpc) is 2.95. The van der Waals surface area contributed by atoms with Gasteiger partial charge in [-0.3, -0.25) is 0 Å². The molecule has 0 amide bonds. The van der Waals surface area contributed by atoms with E-state index in [1.54, 1.807) is 15.9 Å². The highest BCUT2D eigenvalue weighted by molar-refractivity contribution is 7.16. The van der Waals surface area contributed by atoms with Crippen molar-refractivity contribution in [3.05, 3.63) is 40.0 Å². The molecule has 0 bridgehead atoms. The Balaban J connectivity index is 2.26. The van der Waals surface area contributed by atoms with E-state index in [1.165, 1.54) is 5.56 Å². The fourth-order valence-corrected chi connectivity index (χ4v) is 3.13. The zero-order valence-corrected chi connectivity index (χ0v) is 12.5. The molecule has 0 spiro atoms. The van der Waals surface area contributed by atoms with Crippen LogP contribution < -0.4 is 0 Å².